The summed E-state index contributed by atoms with van der Waals surface area (Å²) in [5.41, 5.74) is 15.3. The summed E-state index contributed by atoms with van der Waals surface area (Å²) < 4.78 is 38.1. The summed E-state index contributed by atoms with van der Waals surface area (Å²) in [5, 5.41) is 20.4. The lowest BCUT2D eigenvalue weighted by Crippen LogP contribution is -2.51. The Balaban J connectivity index is 2.15. The number of hydrogen-bond acceptors (Lipinski definition) is 7. The van der Waals surface area contributed by atoms with Crippen LogP contribution in [0.25, 0.3) is 10.4 Å². The monoisotopic (exact) mass is 666 g/mol. The van der Waals surface area contributed by atoms with Crippen molar-refractivity contribution in [2.75, 3.05) is 45.5 Å². The number of benzene rings is 1. The molecular weight excluding hydrogens is 614 g/mol. The highest BCUT2D eigenvalue weighted by Gasteiger charge is 2.39. The topological polar surface area (TPSA) is 189 Å². The van der Waals surface area contributed by atoms with Crippen LogP contribution in [-0.2, 0) is 32.0 Å². The van der Waals surface area contributed by atoms with Crippen LogP contribution in [0.15, 0.2) is 17.2 Å². The summed E-state index contributed by atoms with van der Waals surface area (Å²) in [6, 6.07) is 2.99. The van der Waals surface area contributed by atoms with Crippen molar-refractivity contribution in [1.82, 2.24) is 5.32 Å². The summed E-state index contributed by atoms with van der Waals surface area (Å²) in [6.07, 6.45) is 2.48. The molecule has 12 nitrogen and oxygen atoms in total. The summed E-state index contributed by atoms with van der Waals surface area (Å²) in [7, 11) is 1.62. The van der Waals surface area contributed by atoms with E-state index in [4.69, 9.17) is 15.2 Å². The number of primary amides is 1. The maximum atomic E-state index is 13.5. The number of aliphatic hydroxyl groups excluding tert-OH is 1. The Morgan fingerprint density at radius 1 is 1.09 bits per heavy atom. The molecule has 2 rings (SSSR count). The third-order valence-corrected chi connectivity index (χ3v) is 9.07. The summed E-state index contributed by atoms with van der Waals surface area (Å²) in [5.74, 6) is -2.97. The van der Waals surface area contributed by atoms with E-state index in [2.05, 4.69) is 20.7 Å². The van der Waals surface area contributed by atoms with Gasteiger partial charge < -0.3 is 30.9 Å². The van der Waals surface area contributed by atoms with Crippen LogP contribution in [-0.4, -0.2) is 75.2 Å². The Bertz CT molecular complexity index is 1240. The number of hydrogen-bond donors (Lipinski definition) is 4. The molecule has 1 aliphatic rings. The van der Waals surface area contributed by atoms with Crippen molar-refractivity contribution in [3.05, 3.63) is 33.7 Å². The average Bonchev–Trinajstić information content (AvgIpc) is 3.48. The van der Waals surface area contributed by atoms with Gasteiger partial charge in [0, 0.05) is 43.9 Å². The van der Waals surface area contributed by atoms with E-state index in [1.807, 2.05) is 26.0 Å². The highest BCUT2D eigenvalue weighted by Crippen LogP contribution is 2.35. The molecule has 264 valence electrons. The van der Waals surface area contributed by atoms with Gasteiger partial charge in [0.2, 0.25) is 17.7 Å². The Kier molecular flexibility index (Phi) is 16.4. The van der Waals surface area contributed by atoms with E-state index in [1.54, 1.807) is 21.0 Å². The maximum Gasteiger partial charge on any atom is 0.230 e. The number of amides is 3. The molecule has 3 amide bonds. The highest BCUT2D eigenvalue weighted by atomic mass is 19.1. The molecule has 0 spiro atoms. The van der Waals surface area contributed by atoms with E-state index < -0.39 is 55.2 Å². The molecule has 0 bridgehead atoms. The Morgan fingerprint density at radius 2 is 1.74 bits per heavy atom. The number of aliphatic hydroxyl groups is 1. The van der Waals surface area contributed by atoms with Gasteiger partial charge in [-0.15, -0.1) is 0 Å². The van der Waals surface area contributed by atoms with Crippen LogP contribution in [0.4, 0.5) is 14.5 Å². The number of ether oxygens (including phenoxy) is 2. The standard InChI is InChI=1S/C33H52F2N6O6/c1-20(2)24(15-30(43)39-27-12-22-8-6-9-23(22)14-29(27)47-11-7-10-46-5)13-26(40-41-37)28(42)16-25(21(3)4)31(44)38-19-33(17-34,18-35)32(36)45/h12,14,20-21,24-26,28,42H,6-11,13,15-19H2,1-5H3,(H2,36,45)(H,38,44)(H,39,43)/t24-,25+,26+,28+/m1/s1. The van der Waals surface area contributed by atoms with Gasteiger partial charge in [-0.3, -0.25) is 14.4 Å². The molecular formula is C33H52F2N6O6. The molecule has 0 heterocycles. The number of methoxy groups -OCH3 is 1. The first-order chi connectivity index (χ1) is 22.3. The Morgan fingerprint density at radius 3 is 2.30 bits per heavy atom. The molecule has 1 aromatic rings. The van der Waals surface area contributed by atoms with Gasteiger partial charge in [0.05, 0.1) is 24.4 Å². The molecule has 0 radical (unpaired) electrons. The molecule has 5 N–H and O–H groups in total. The maximum absolute atomic E-state index is 13.5. The number of carbonyl (C=O) groups is 3. The van der Waals surface area contributed by atoms with Crippen LogP contribution < -0.4 is 21.1 Å². The Hall–Kier alpha value is -3.48. The van der Waals surface area contributed by atoms with Crippen molar-refractivity contribution in [2.24, 2.45) is 39.9 Å². The second-order valence-electron chi connectivity index (χ2n) is 13.2. The number of azide groups is 1. The van der Waals surface area contributed by atoms with Crippen LogP contribution in [0.2, 0.25) is 0 Å². The number of rotatable bonds is 22. The molecule has 4 atom stereocenters. The predicted molar refractivity (Wildman–Crippen MR) is 175 cm³/mol. The molecule has 0 aliphatic heterocycles. The number of anilines is 1. The van der Waals surface area contributed by atoms with Gasteiger partial charge in [0.25, 0.3) is 0 Å². The van der Waals surface area contributed by atoms with E-state index in [0.29, 0.717) is 31.1 Å². The fourth-order valence-electron chi connectivity index (χ4n) is 5.73. The van der Waals surface area contributed by atoms with Gasteiger partial charge in [-0.2, -0.15) is 0 Å². The molecule has 47 heavy (non-hydrogen) atoms. The third-order valence-electron chi connectivity index (χ3n) is 9.07. The number of fused-ring (bicyclic) bond motifs is 1. The highest BCUT2D eigenvalue weighted by molar-refractivity contribution is 5.92. The van der Waals surface area contributed by atoms with Crippen molar-refractivity contribution in [1.29, 1.82) is 0 Å². The van der Waals surface area contributed by atoms with Gasteiger partial charge in [0.15, 0.2) is 0 Å². The lowest BCUT2D eigenvalue weighted by atomic mass is 9.81. The lowest BCUT2D eigenvalue weighted by molar-refractivity contribution is -0.132. The number of nitrogens with zero attached hydrogens (tertiary/aromatic N) is 3. The molecule has 0 saturated heterocycles. The van der Waals surface area contributed by atoms with Crippen LogP contribution in [0.1, 0.15) is 70.9 Å². The molecule has 0 unspecified atom stereocenters. The number of alkyl halides is 2. The quantitative estimate of drug-likeness (QED) is 0.0595. The van der Waals surface area contributed by atoms with E-state index in [1.165, 1.54) is 11.1 Å². The molecule has 1 aromatic carbocycles. The molecule has 1 aliphatic carbocycles. The fraction of sp³-hybridized carbons (Fsp3) is 0.727. The minimum Gasteiger partial charge on any atom is -0.491 e. The van der Waals surface area contributed by atoms with Crippen molar-refractivity contribution < 1.29 is 37.7 Å². The fourth-order valence-corrected chi connectivity index (χ4v) is 5.73. The van der Waals surface area contributed by atoms with Crippen LogP contribution in [0.5, 0.6) is 5.75 Å². The second kappa shape index (κ2) is 19.4. The third kappa shape index (κ3) is 11.6. The smallest absolute Gasteiger partial charge is 0.230 e. The number of halogens is 2. The average molecular weight is 667 g/mol. The molecule has 0 saturated carbocycles. The van der Waals surface area contributed by atoms with Gasteiger partial charge in [-0.1, -0.05) is 32.8 Å². The van der Waals surface area contributed by atoms with Gasteiger partial charge in [-0.25, -0.2) is 8.78 Å². The number of nitrogens with two attached hydrogens (primary N) is 1. The largest absolute Gasteiger partial charge is 0.491 e. The zero-order chi connectivity index (χ0) is 35.1. The summed E-state index contributed by atoms with van der Waals surface area (Å²) in [6.45, 7) is 4.92. The van der Waals surface area contributed by atoms with Gasteiger partial charge in [0.1, 0.15) is 24.5 Å². The SMILES string of the molecule is COCCCOc1cc2c(cc1NC(=O)C[C@@H](C[C@H](N=[N+]=[N-])[C@@H](O)C[C@H](C(=O)NCC(CF)(CF)C(N)=O)C(C)C)C(C)C)CCC2. The lowest BCUT2D eigenvalue weighted by Gasteiger charge is -2.30. The van der Waals surface area contributed by atoms with E-state index in [0.717, 1.165) is 19.3 Å². The molecule has 0 aromatic heterocycles. The van der Waals surface area contributed by atoms with Gasteiger partial charge in [-0.05, 0) is 78.6 Å². The van der Waals surface area contributed by atoms with E-state index in [9.17, 15) is 33.8 Å². The zero-order valence-electron chi connectivity index (χ0n) is 28.3. The number of carbonyl (C=O) groups excluding carboxylic acids is 3. The van der Waals surface area contributed by atoms with Crippen molar-refractivity contribution in [2.45, 2.75) is 84.8 Å². The van der Waals surface area contributed by atoms with Crippen molar-refractivity contribution in [3.8, 4) is 5.75 Å². The first-order valence-electron chi connectivity index (χ1n) is 16.3. The predicted octanol–water partition coefficient (Wildman–Crippen LogP) is 4.81. The minimum atomic E-state index is -2.18. The molecule has 14 heteroatoms. The first kappa shape index (κ1) is 39.7. The summed E-state index contributed by atoms with van der Waals surface area (Å²) >= 11 is 0. The van der Waals surface area contributed by atoms with Crippen molar-refractivity contribution >= 4 is 23.4 Å². The van der Waals surface area contributed by atoms with E-state index >= 15 is 0 Å². The Labute approximate surface area is 276 Å². The van der Waals surface area contributed by atoms with Crippen LogP contribution in [0.3, 0.4) is 0 Å². The second-order valence-corrected chi connectivity index (χ2v) is 13.2. The van der Waals surface area contributed by atoms with E-state index in [-0.39, 0.29) is 42.9 Å². The minimum absolute atomic E-state index is 0.0263. The number of aryl methyl sites for hydroxylation is 2. The van der Waals surface area contributed by atoms with Crippen LogP contribution >= 0.6 is 0 Å². The normalized spacial score (nSPS) is 15.4. The number of nitrogens with one attached hydrogen (secondary N) is 2. The van der Waals surface area contributed by atoms with Crippen LogP contribution in [0, 0.1) is 29.1 Å². The van der Waals surface area contributed by atoms with Gasteiger partial charge >= 0.3 is 0 Å². The zero-order valence-corrected chi connectivity index (χ0v) is 28.3. The summed E-state index contributed by atoms with van der Waals surface area (Å²) in [4.78, 5) is 41.0. The first-order valence-corrected chi connectivity index (χ1v) is 16.3. The molecule has 0 fully saturated rings. The van der Waals surface area contributed by atoms with Crippen molar-refractivity contribution in [3.63, 3.8) is 0 Å².